The van der Waals surface area contributed by atoms with E-state index in [2.05, 4.69) is 13.8 Å². The summed E-state index contributed by atoms with van der Waals surface area (Å²) in [7, 11) is 0. The van der Waals surface area contributed by atoms with Gasteiger partial charge in [0.05, 0.1) is 11.7 Å². The van der Waals surface area contributed by atoms with Gasteiger partial charge in [0.15, 0.2) is 0 Å². The molecule has 1 aromatic rings. The zero-order valence-corrected chi connectivity index (χ0v) is 9.68. The fraction of sp³-hybridized carbons (Fsp3) is 0.462. The molecule has 0 aliphatic carbocycles. The van der Waals surface area contributed by atoms with Gasteiger partial charge >= 0.3 is 5.97 Å². The third-order valence-corrected chi connectivity index (χ3v) is 2.57. The Labute approximate surface area is 95.7 Å². The molecule has 0 aliphatic rings. The van der Waals surface area contributed by atoms with Crippen molar-refractivity contribution in [2.24, 2.45) is 5.92 Å². The summed E-state index contributed by atoms with van der Waals surface area (Å²) in [6, 6.07) is 6.62. The molecule has 88 valence electrons. The maximum atomic E-state index is 11.0. The van der Waals surface area contributed by atoms with Gasteiger partial charge in [0, 0.05) is 0 Å². The maximum absolute atomic E-state index is 11.0. The van der Waals surface area contributed by atoms with Gasteiger partial charge in [-0.1, -0.05) is 32.0 Å². The second-order valence-corrected chi connectivity index (χ2v) is 4.38. The van der Waals surface area contributed by atoms with Gasteiger partial charge in [-0.25, -0.2) is 4.79 Å². The molecule has 1 unspecified atom stereocenters. The average Bonchev–Trinajstić information content (AvgIpc) is 2.25. The summed E-state index contributed by atoms with van der Waals surface area (Å²) in [4.78, 5) is 11.0. The highest BCUT2D eigenvalue weighted by atomic mass is 16.4. The first-order valence-corrected chi connectivity index (χ1v) is 5.52. The van der Waals surface area contributed by atoms with Crippen molar-refractivity contribution in [2.45, 2.75) is 32.8 Å². The molecule has 0 bridgehead atoms. The van der Waals surface area contributed by atoms with E-state index in [1.165, 1.54) is 6.07 Å². The van der Waals surface area contributed by atoms with Gasteiger partial charge in [-0.2, -0.15) is 0 Å². The number of rotatable bonds is 5. The van der Waals surface area contributed by atoms with E-state index in [0.717, 1.165) is 6.42 Å². The first kappa shape index (κ1) is 12.7. The Hall–Kier alpha value is -1.35. The lowest BCUT2D eigenvalue weighted by molar-refractivity contribution is 0.0687. The van der Waals surface area contributed by atoms with Crippen molar-refractivity contribution in [3.63, 3.8) is 0 Å². The summed E-state index contributed by atoms with van der Waals surface area (Å²) in [5.74, 6) is -0.481. The highest BCUT2D eigenvalue weighted by Crippen LogP contribution is 2.23. The van der Waals surface area contributed by atoms with E-state index in [-0.39, 0.29) is 5.56 Å². The minimum absolute atomic E-state index is 0.193. The topological polar surface area (TPSA) is 57.5 Å². The standard InChI is InChI=1S/C13H18O3/c1-9(2)7-8-12(14)10-5-3-4-6-11(10)13(15)16/h3-6,9,12,14H,7-8H2,1-2H3,(H,15,16). The van der Waals surface area contributed by atoms with Crippen LogP contribution in [0.25, 0.3) is 0 Å². The zero-order valence-electron chi connectivity index (χ0n) is 9.68. The summed E-state index contributed by atoms with van der Waals surface area (Å²) in [6.45, 7) is 4.16. The molecule has 0 radical (unpaired) electrons. The summed E-state index contributed by atoms with van der Waals surface area (Å²) in [5, 5.41) is 18.9. The average molecular weight is 222 g/mol. The second-order valence-electron chi connectivity index (χ2n) is 4.38. The van der Waals surface area contributed by atoms with Crippen LogP contribution < -0.4 is 0 Å². The molecular formula is C13H18O3. The van der Waals surface area contributed by atoms with Crippen molar-refractivity contribution >= 4 is 5.97 Å². The number of benzene rings is 1. The molecule has 0 aliphatic heterocycles. The van der Waals surface area contributed by atoms with Crippen molar-refractivity contribution in [1.82, 2.24) is 0 Å². The van der Waals surface area contributed by atoms with Crippen molar-refractivity contribution in [3.05, 3.63) is 35.4 Å². The Morgan fingerprint density at radius 2 is 1.88 bits per heavy atom. The van der Waals surface area contributed by atoms with Gasteiger partial charge in [-0.15, -0.1) is 0 Å². The largest absolute Gasteiger partial charge is 0.478 e. The quantitative estimate of drug-likeness (QED) is 0.805. The summed E-state index contributed by atoms with van der Waals surface area (Å²) < 4.78 is 0. The third kappa shape index (κ3) is 3.35. The van der Waals surface area contributed by atoms with Crippen LogP contribution in [0.1, 0.15) is 48.7 Å². The summed E-state index contributed by atoms with van der Waals surface area (Å²) in [5.41, 5.74) is 0.703. The fourth-order valence-electron chi connectivity index (χ4n) is 1.63. The van der Waals surface area contributed by atoms with E-state index in [0.29, 0.717) is 17.9 Å². The van der Waals surface area contributed by atoms with Crippen LogP contribution in [0.3, 0.4) is 0 Å². The van der Waals surface area contributed by atoms with Crippen LogP contribution in [0, 0.1) is 5.92 Å². The number of aliphatic hydroxyl groups excluding tert-OH is 1. The molecule has 16 heavy (non-hydrogen) atoms. The van der Waals surface area contributed by atoms with E-state index >= 15 is 0 Å². The summed E-state index contributed by atoms with van der Waals surface area (Å²) >= 11 is 0. The maximum Gasteiger partial charge on any atom is 0.336 e. The van der Waals surface area contributed by atoms with Gasteiger partial charge in [-0.3, -0.25) is 0 Å². The Bertz CT molecular complexity index is 358. The normalized spacial score (nSPS) is 12.8. The van der Waals surface area contributed by atoms with Crippen molar-refractivity contribution in [2.75, 3.05) is 0 Å². The SMILES string of the molecule is CC(C)CCC(O)c1ccccc1C(=O)O. The van der Waals surface area contributed by atoms with Gasteiger partial charge in [0.2, 0.25) is 0 Å². The van der Waals surface area contributed by atoms with Crippen LogP contribution in [0.15, 0.2) is 24.3 Å². The Morgan fingerprint density at radius 1 is 1.25 bits per heavy atom. The van der Waals surface area contributed by atoms with Crippen molar-refractivity contribution in [1.29, 1.82) is 0 Å². The van der Waals surface area contributed by atoms with E-state index < -0.39 is 12.1 Å². The number of aliphatic hydroxyl groups is 1. The Balaban J connectivity index is 2.82. The van der Waals surface area contributed by atoms with Gasteiger partial charge in [-0.05, 0) is 30.4 Å². The highest BCUT2D eigenvalue weighted by Gasteiger charge is 2.16. The molecule has 0 aromatic heterocycles. The fourth-order valence-corrected chi connectivity index (χ4v) is 1.63. The van der Waals surface area contributed by atoms with Crippen LogP contribution >= 0.6 is 0 Å². The first-order chi connectivity index (χ1) is 7.52. The molecular weight excluding hydrogens is 204 g/mol. The lowest BCUT2D eigenvalue weighted by Crippen LogP contribution is -2.07. The third-order valence-electron chi connectivity index (χ3n) is 2.57. The predicted octanol–water partition coefficient (Wildman–Crippen LogP) is 2.85. The van der Waals surface area contributed by atoms with Crippen LogP contribution in [-0.2, 0) is 0 Å². The van der Waals surface area contributed by atoms with E-state index in [9.17, 15) is 9.90 Å². The highest BCUT2D eigenvalue weighted by molar-refractivity contribution is 5.89. The van der Waals surface area contributed by atoms with E-state index in [4.69, 9.17) is 5.11 Å². The number of carbonyl (C=O) groups is 1. The lowest BCUT2D eigenvalue weighted by atomic mass is 9.96. The van der Waals surface area contributed by atoms with Crippen molar-refractivity contribution in [3.8, 4) is 0 Å². The first-order valence-electron chi connectivity index (χ1n) is 5.52. The Morgan fingerprint density at radius 3 is 2.44 bits per heavy atom. The number of carboxylic acid groups (broad SMARTS) is 1. The number of aromatic carboxylic acids is 1. The summed E-state index contributed by atoms with van der Waals surface area (Å²) in [6.07, 6.45) is 0.798. The monoisotopic (exact) mass is 222 g/mol. The Kier molecular flexibility index (Phi) is 4.50. The van der Waals surface area contributed by atoms with Gasteiger partial charge < -0.3 is 10.2 Å². The molecule has 0 fully saturated rings. The second kappa shape index (κ2) is 5.66. The molecule has 0 spiro atoms. The lowest BCUT2D eigenvalue weighted by Gasteiger charge is -2.14. The smallest absolute Gasteiger partial charge is 0.336 e. The number of hydrogen-bond donors (Lipinski definition) is 2. The molecule has 0 saturated carbocycles. The molecule has 0 heterocycles. The minimum Gasteiger partial charge on any atom is -0.478 e. The van der Waals surface area contributed by atoms with Crippen molar-refractivity contribution < 1.29 is 15.0 Å². The van der Waals surface area contributed by atoms with E-state index in [1.54, 1.807) is 18.2 Å². The molecule has 1 aromatic carbocycles. The van der Waals surface area contributed by atoms with E-state index in [1.807, 2.05) is 0 Å². The zero-order chi connectivity index (χ0) is 12.1. The predicted molar refractivity (Wildman–Crippen MR) is 62.4 cm³/mol. The van der Waals surface area contributed by atoms with Gasteiger partial charge in [0.25, 0.3) is 0 Å². The molecule has 0 saturated heterocycles. The van der Waals surface area contributed by atoms with Crippen LogP contribution in [0.2, 0.25) is 0 Å². The van der Waals surface area contributed by atoms with Crippen LogP contribution in [-0.4, -0.2) is 16.2 Å². The molecule has 1 rings (SSSR count). The molecule has 0 amide bonds. The molecule has 3 heteroatoms. The number of carboxylic acids is 1. The van der Waals surface area contributed by atoms with Crippen LogP contribution in [0.4, 0.5) is 0 Å². The van der Waals surface area contributed by atoms with Crippen LogP contribution in [0.5, 0.6) is 0 Å². The minimum atomic E-state index is -0.987. The number of hydrogen-bond acceptors (Lipinski definition) is 2. The van der Waals surface area contributed by atoms with Gasteiger partial charge in [0.1, 0.15) is 0 Å². The molecule has 3 nitrogen and oxygen atoms in total. The molecule has 1 atom stereocenters. The molecule has 2 N–H and O–H groups in total.